The highest BCUT2D eigenvalue weighted by Crippen LogP contribution is 2.24. The smallest absolute Gasteiger partial charge is 0.407 e. The van der Waals surface area contributed by atoms with Crippen LogP contribution in [0.5, 0.6) is 0 Å². The molecule has 1 amide bonds. The van der Waals surface area contributed by atoms with E-state index in [0.29, 0.717) is 0 Å². The molecule has 0 unspecified atom stereocenters. The monoisotopic (exact) mass is 242 g/mol. The Kier molecular flexibility index (Phi) is 4.01. The van der Waals surface area contributed by atoms with Gasteiger partial charge >= 0.3 is 6.09 Å². The first kappa shape index (κ1) is 12.6. The molecule has 1 atom stereocenters. The molecule has 0 saturated carbocycles. The molecule has 0 fully saturated rings. The summed E-state index contributed by atoms with van der Waals surface area (Å²) in [6.45, 7) is 0. The van der Waals surface area contributed by atoms with Gasteiger partial charge in [0, 0.05) is 11.7 Å². The van der Waals surface area contributed by atoms with Crippen LogP contribution in [-0.4, -0.2) is 19.2 Å². The second-order valence-electron chi connectivity index (χ2n) is 3.77. The van der Waals surface area contributed by atoms with Crippen molar-refractivity contribution in [1.29, 1.82) is 0 Å². The van der Waals surface area contributed by atoms with E-state index in [1.165, 1.54) is 18.2 Å². The zero-order valence-electron chi connectivity index (χ0n) is 9.03. The van der Waals surface area contributed by atoms with Crippen LogP contribution in [-0.2, 0) is 17.6 Å². The first-order valence-electron chi connectivity index (χ1n) is 4.91. The number of nitrogens with two attached hydrogens (primary N) is 1. The van der Waals surface area contributed by atoms with E-state index >= 15 is 0 Å². The molecule has 1 aliphatic carbocycles. The molecule has 0 bridgehead atoms. The number of amides is 1. The standard InChI is InChI=1S/C11H14N2O2.ClH/c1-15-11(14)13-10-5-7-2-3-9(12)4-8(7)6-10;/h2-4,10H,5-6,12H2,1H3,(H,13,14);1H/t10-;/m0./s1. The number of carbonyl (C=O) groups excluding carboxylic acids is 1. The Morgan fingerprint density at radius 3 is 2.81 bits per heavy atom. The van der Waals surface area contributed by atoms with Crippen molar-refractivity contribution in [2.45, 2.75) is 18.9 Å². The van der Waals surface area contributed by atoms with Gasteiger partial charge in [-0.2, -0.15) is 0 Å². The van der Waals surface area contributed by atoms with E-state index in [9.17, 15) is 4.79 Å². The Hall–Kier alpha value is -1.42. The highest BCUT2D eigenvalue weighted by Gasteiger charge is 2.22. The van der Waals surface area contributed by atoms with Crippen LogP contribution >= 0.6 is 12.4 Å². The van der Waals surface area contributed by atoms with Crippen LogP contribution in [0.1, 0.15) is 11.1 Å². The average Bonchev–Trinajstić information content (AvgIpc) is 2.59. The fourth-order valence-corrected chi connectivity index (χ4v) is 1.97. The molecule has 0 radical (unpaired) electrons. The van der Waals surface area contributed by atoms with Gasteiger partial charge in [0.1, 0.15) is 0 Å². The van der Waals surface area contributed by atoms with E-state index in [-0.39, 0.29) is 24.5 Å². The summed E-state index contributed by atoms with van der Waals surface area (Å²) in [5, 5.41) is 2.79. The van der Waals surface area contributed by atoms with Gasteiger partial charge < -0.3 is 15.8 Å². The summed E-state index contributed by atoms with van der Waals surface area (Å²) in [7, 11) is 1.37. The summed E-state index contributed by atoms with van der Waals surface area (Å²) in [5.41, 5.74) is 8.94. The number of hydrogen-bond donors (Lipinski definition) is 2. The normalized spacial score (nSPS) is 17.2. The molecule has 88 valence electrons. The van der Waals surface area contributed by atoms with Crippen LogP contribution in [0.4, 0.5) is 10.5 Å². The average molecular weight is 243 g/mol. The zero-order valence-corrected chi connectivity index (χ0v) is 9.84. The molecular weight excluding hydrogens is 228 g/mol. The molecule has 3 N–H and O–H groups in total. The van der Waals surface area contributed by atoms with Crippen LogP contribution in [0.15, 0.2) is 18.2 Å². The lowest BCUT2D eigenvalue weighted by molar-refractivity contribution is 0.167. The van der Waals surface area contributed by atoms with Crippen molar-refractivity contribution in [1.82, 2.24) is 5.32 Å². The SMILES string of the molecule is COC(=O)N[C@H]1Cc2ccc(N)cc2C1.Cl. The minimum atomic E-state index is -0.374. The van der Waals surface area contributed by atoms with Gasteiger partial charge in [-0.25, -0.2) is 4.79 Å². The number of fused-ring (bicyclic) bond motifs is 1. The molecular formula is C11H15ClN2O2. The van der Waals surface area contributed by atoms with Crippen LogP contribution in [0, 0.1) is 0 Å². The second-order valence-corrected chi connectivity index (χ2v) is 3.77. The second kappa shape index (κ2) is 5.07. The molecule has 16 heavy (non-hydrogen) atoms. The molecule has 1 aliphatic rings. The number of hydrogen-bond acceptors (Lipinski definition) is 3. The van der Waals surface area contributed by atoms with E-state index in [2.05, 4.69) is 10.1 Å². The van der Waals surface area contributed by atoms with E-state index in [1.807, 2.05) is 18.2 Å². The van der Waals surface area contributed by atoms with Crippen molar-refractivity contribution in [3.8, 4) is 0 Å². The van der Waals surface area contributed by atoms with Crippen molar-refractivity contribution in [2.24, 2.45) is 0 Å². The first-order chi connectivity index (χ1) is 7.19. The molecule has 0 aliphatic heterocycles. The lowest BCUT2D eigenvalue weighted by atomic mass is 10.1. The molecule has 0 spiro atoms. The fraction of sp³-hybridized carbons (Fsp3) is 0.364. The molecule has 2 rings (SSSR count). The van der Waals surface area contributed by atoms with Gasteiger partial charge in [0.2, 0.25) is 0 Å². The van der Waals surface area contributed by atoms with Crippen molar-refractivity contribution in [2.75, 3.05) is 12.8 Å². The van der Waals surface area contributed by atoms with Crippen molar-refractivity contribution >= 4 is 24.2 Å². The van der Waals surface area contributed by atoms with Gasteiger partial charge in [-0.15, -0.1) is 12.4 Å². The number of alkyl carbamates (subject to hydrolysis) is 1. The van der Waals surface area contributed by atoms with E-state index in [1.54, 1.807) is 0 Å². The van der Waals surface area contributed by atoms with Crippen molar-refractivity contribution in [3.05, 3.63) is 29.3 Å². The van der Waals surface area contributed by atoms with Crippen molar-refractivity contribution < 1.29 is 9.53 Å². The number of rotatable bonds is 1. The highest BCUT2D eigenvalue weighted by molar-refractivity contribution is 5.85. The Bertz CT molecular complexity index is 396. The molecule has 4 nitrogen and oxygen atoms in total. The molecule has 0 saturated heterocycles. The summed E-state index contributed by atoms with van der Waals surface area (Å²) < 4.78 is 4.56. The minimum absolute atomic E-state index is 0. The van der Waals surface area contributed by atoms with E-state index < -0.39 is 0 Å². The number of halogens is 1. The van der Waals surface area contributed by atoms with Crippen LogP contribution in [0.25, 0.3) is 0 Å². The largest absolute Gasteiger partial charge is 0.453 e. The molecule has 0 aromatic heterocycles. The number of methoxy groups -OCH3 is 1. The third kappa shape index (κ3) is 2.58. The summed E-state index contributed by atoms with van der Waals surface area (Å²) in [6, 6.07) is 6.01. The van der Waals surface area contributed by atoms with E-state index in [0.717, 1.165) is 18.5 Å². The Labute approximate surface area is 101 Å². The maximum Gasteiger partial charge on any atom is 0.407 e. The van der Waals surface area contributed by atoms with Crippen LogP contribution in [0.2, 0.25) is 0 Å². The number of nitrogen functional groups attached to an aromatic ring is 1. The topological polar surface area (TPSA) is 64.3 Å². The molecule has 1 aromatic carbocycles. The number of anilines is 1. The van der Waals surface area contributed by atoms with Gasteiger partial charge in [-0.05, 0) is 36.1 Å². The summed E-state index contributed by atoms with van der Waals surface area (Å²) >= 11 is 0. The highest BCUT2D eigenvalue weighted by atomic mass is 35.5. The van der Waals surface area contributed by atoms with Gasteiger partial charge in [0.05, 0.1) is 7.11 Å². The summed E-state index contributed by atoms with van der Waals surface area (Å²) in [6.07, 6.45) is 1.31. The quantitative estimate of drug-likeness (QED) is 0.734. The predicted octanol–water partition coefficient (Wildman–Crippen LogP) is 1.51. The number of benzene rings is 1. The number of nitrogens with one attached hydrogen (secondary N) is 1. The Morgan fingerprint density at radius 2 is 2.12 bits per heavy atom. The lowest BCUT2D eigenvalue weighted by Gasteiger charge is -2.09. The lowest BCUT2D eigenvalue weighted by Crippen LogP contribution is -2.35. The van der Waals surface area contributed by atoms with Gasteiger partial charge in [0.15, 0.2) is 0 Å². The van der Waals surface area contributed by atoms with Crippen LogP contribution in [0.3, 0.4) is 0 Å². The van der Waals surface area contributed by atoms with Gasteiger partial charge in [-0.3, -0.25) is 0 Å². The Morgan fingerprint density at radius 1 is 1.44 bits per heavy atom. The minimum Gasteiger partial charge on any atom is -0.453 e. The van der Waals surface area contributed by atoms with Gasteiger partial charge in [0.25, 0.3) is 0 Å². The maximum atomic E-state index is 11.0. The fourth-order valence-electron chi connectivity index (χ4n) is 1.97. The van der Waals surface area contributed by atoms with Crippen molar-refractivity contribution in [3.63, 3.8) is 0 Å². The third-order valence-electron chi connectivity index (χ3n) is 2.67. The number of ether oxygens (including phenoxy) is 1. The predicted molar refractivity (Wildman–Crippen MR) is 64.8 cm³/mol. The summed E-state index contributed by atoms with van der Waals surface area (Å²) in [4.78, 5) is 11.0. The summed E-state index contributed by atoms with van der Waals surface area (Å²) in [5.74, 6) is 0. The first-order valence-corrected chi connectivity index (χ1v) is 4.91. The zero-order chi connectivity index (χ0) is 10.8. The van der Waals surface area contributed by atoms with Crippen LogP contribution < -0.4 is 11.1 Å². The van der Waals surface area contributed by atoms with E-state index in [4.69, 9.17) is 5.73 Å². The van der Waals surface area contributed by atoms with Gasteiger partial charge in [-0.1, -0.05) is 6.07 Å². The maximum absolute atomic E-state index is 11.0. The Balaban J connectivity index is 0.00000128. The molecule has 0 heterocycles. The molecule has 5 heteroatoms. The third-order valence-corrected chi connectivity index (χ3v) is 2.67. The number of carbonyl (C=O) groups is 1. The molecule has 1 aromatic rings.